The summed E-state index contributed by atoms with van der Waals surface area (Å²) in [7, 11) is -2.17. The van der Waals surface area contributed by atoms with Gasteiger partial charge in [0.25, 0.3) is 0 Å². The highest BCUT2D eigenvalue weighted by Crippen LogP contribution is 2.28. The highest BCUT2D eigenvalue weighted by atomic mass is 35.5. The SMILES string of the molecule is CCN[C@H](C)CNS(=O)(=O)c1cc(Cl)ccc1OC(C)COC. The van der Waals surface area contributed by atoms with Crippen LogP contribution in [0.4, 0.5) is 0 Å². The van der Waals surface area contributed by atoms with E-state index in [1.807, 2.05) is 13.8 Å². The van der Waals surface area contributed by atoms with Crippen molar-refractivity contribution >= 4 is 21.6 Å². The van der Waals surface area contributed by atoms with Crippen LogP contribution in [0.3, 0.4) is 0 Å². The highest BCUT2D eigenvalue weighted by molar-refractivity contribution is 7.89. The van der Waals surface area contributed by atoms with Crippen molar-refractivity contribution < 1.29 is 17.9 Å². The molecule has 132 valence electrons. The number of likely N-dealkylation sites (N-methyl/N-ethyl adjacent to an activating group) is 1. The van der Waals surface area contributed by atoms with Gasteiger partial charge < -0.3 is 14.8 Å². The van der Waals surface area contributed by atoms with Gasteiger partial charge in [-0.2, -0.15) is 0 Å². The summed E-state index contributed by atoms with van der Waals surface area (Å²) >= 11 is 5.95. The Kier molecular flexibility index (Phi) is 8.28. The number of hydrogen-bond donors (Lipinski definition) is 2. The first-order chi connectivity index (χ1) is 10.8. The van der Waals surface area contributed by atoms with Gasteiger partial charge in [0.15, 0.2) is 0 Å². The zero-order valence-electron chi connectivity index (χ0n) is 13.9. The minimum Gasteiger partial charge on any atom is -0.487 e. The Morgan fingerprint density at radius 1 is 1.30 bits per heavy atom. The second-order valence-electron chi connectivity index (χ2n) is 5.29. The van der Waals surface area contributed by atoms with E-state index in [1.165, 1.54) is 6.07 Å². The van der Waals surface area contributed by atoms with Crippen molar-refractivity contribution in [1.82, 2.24) is 10.0 Å². The van der Waals surface area contributed by atoms with Gasteiger partial charge >= 0.3 is 0 Å². The van der Waals surface area contributed by atoms with Gasteiger partial charge in [-0.25, -0.2) is 13.1 Å². The largest absolute Gasteiger partial charge is 0.487 e. The smallest absolute Gasteiger partial charge is 0.244 e. The Balaban J connectivity index is 2.97. The monoisotopic (exact) mass is 364 g/mol. The lowest BCUT2D eigenvalue weighted by molar-refractivity contribution is 0.0901. The van der Waals surface area contributed by atoms with Crippen molar-refractivity contribution in [2.75, 3.05) is 26.8 Å². The Morgan fingerprint density at radius 3 is 2.61 bits per heavy atom. The molecule has 1 unspecified atom stereocenters. The second-order valence-corrected chi connectivity index (χ2v) is 7.46. The van der Waals surface area contributed by atoms with Crippen LogP contribution in [0.2, 0.25) is 5.02 Å². The number of hydrogen-bond acceptors (Lipinski definition) is 5. The predicted molar refractivity (Wildman–Crippen MR) is 91.7 cm³/mol. The summed E-state index contributed by atoms with van der Waals surface area (Å²) in [5.74, 6) is 0.252. The lowest BCUT2D eigenvalue weighted by atomic mass is 10.3. The van der Waals surface area contributed by atoms with E-state index < -0.39 is 10.0 Å². The number of sulfonamides is 1. The molecule has 0 saturated heterocycles. The fourth-order valence-electron chi connectivity index (χ4n) is 2.01. The van der Waals surface area contributed by atoms with Gasteiger partial charge in [-0.3, -0.25) is 0 Å². The molecular formula is C15H25ClN2O4S. The number of nitrogens with one attached hydrogen (secondary N) is 2. The molecule has 0 amide bonds. The maximum atomic E-state index is 12.5. The zero-order chi connectivity index (χ0) is 17.5. The quantitative estimate of drug-likeness (QED) is 0.664. The average molecular weight is 365 g/mol. The van der Waals surface area contributed by atoms with E-state index in [-0.39, 0.29) is 29.3 Å². The van der Waals surface area contributed by atoms with Crippen LogP contribution in [0.1, 0.15) is 20.8 Å². The molecule has 1 aromatic rings. The zero-order valence-corrected chi connectivity index (χ0v) is 15.5. The lowest BCUT2D eigenvalue weighted by Crippen LogP contribution is -2.39. The summed E-state index contributed by atoms with van der Waals surface area (Å²) in [4.78, 5) is 0.0247. The Hall–Kier alpha value is -0.860. The van der Waals surface area contributed by atoms with Crippen molar-refractivity contribution in [2.24, 2.45) is 0 Å². The molecule has 0 bridgehead atoms. The molecule has 8 heteroatoms. The minimum absolute atomic E-state index is 0.0192. The van der Waals surface area contributed by atoms with Crippen LogP contribution in [-0.2, 0) is 14.8 Å². The Morgan fingerprint density at radius 2 is 2.00 bits per heavy atom. The maximum absolute atomic E-state index is 12.5. The van der Waals surface area contributed by atoms with E-state index >= 15 is 0 Å². The number of halogens is 1. The fraction of sp³-hybridized carbons (Fsp3) is 0.600. The summed E-state index contributed by atoms with van der Waals surface area (Å²) in [6.45, 7) is 7.06. The molecule has 1 aromatic carbocycles. The molecule has 0 heterocycles. The summed E-state index contributed by atoms with van der Waals surface area (Å²) in [5, 5.41) is 3.47. The summed E-state index contributed by atoms with van der Waals surface area (Å²) in [5.41, 5.74) is 0. The molecule has 23 heavy (non-hydrogen) atoms. The number of ether oxygens (including phenoxy) is 2. The van der Waals surface area contributed by atoms with Crippen LogP contribution >= 0.6 is 11.6 Å². The molecule has 6 nitrogen and oxygen atoms in total. The summed E-state index contributed by atoms with van der Waals surface area (Å²) in [6, 6.07) is 4.55. The molecule has 2 atom stereocenters. The molecule has 2 N–H and O–H groups in total. The molecule has 0 fully saturated rings. The molecule has 1 rings (SSSR count). The van der Waals surface area contributed by atoms with Gasteiger partial charge in [0.05, 0.1) is 6.61 Å². The van der Waals surface area contributed by atoms with Crippen molar-refractivity contribution in [3.05, 3.63) is 23.2 Å². The van der Waals surface area contributed by atoms with Crippen LogP contribution in [0, 0.1) is 0 Å². The Bertz CT molecular complexity index is 595. The molecule has 0 saturated carbocycles. The van der Waals surface area contributed by atoms with Crippen LogP contribution in [0.5, 0.6) is 5.75 Å². The predicted octanol–water partition coefficient (Wildman–Crippen LogP) is 2.03. The van der Waals surface area contributed by atoms with Gasteiger partial charge in [0, 0.05) is 24.7 Å². The third-order valence-electron chi connectivity index (χ3n) is 3.06. The van der Waals surface area contributed by atoms with Gasteiger partial charge in [-0.15, -0.1) is 0 Å². The summed E-state index contributed by atoms with van der Waals surface area (Å²) < 4.78 is 38.3. The van der Waals surface area contributed by atoms with Crippen LogP contribution in [0.25, 0.3) is 0 Å². The average Bonchev–Trinajstić information content (AvgIpc) is 2.47. The molecule has 0 aliphatic rings. The van der Waals surface area contributed by atoms with Gasteiger partial charge in [0.2, 0.25) is 10.0 Å². The maximum Gasteiger partial charge on any atom is 0.244 e. The van der Waals surface area contributed by atoms with Crippen molar-refractivity contribution in [3.8, 4) is 5.75 Å². The lowest BCUT2D eigenvalue weighted by Gasteiger charge is -2.18. The minimum atomic E-state index is -3.73. The third-order valence-corrected chi connectivity index (χ3v) is 4.74. The van der Waals surface area contributed by atoms with Gasteiger partial charge in [-0.05, 0) is 38.6 Å². The van der Waals surface area contributed by atoms with Crippen LogP contribution < -0.4 is 14.8 Å². The second kappa shape index (κ2) is 9.44. The standard InChI is InChI=1S/C15H25ClN2O4S/c1-5-17-11(2)9-18-23(19,20)15-8-13(16)6-7-14(15)22-12(3)10-21-4/h6-8,11-12,17-18H,5,9-10H2,1-4H3/t11-,12?/m1/s1. The van der Waals surface area contributed by atoms with E-state index in [4.69, 9.17) is 21.1 Å². The van der Waals surface area contributed by atoms with Crippen molar-refractivity contribution in [2.45, 2.75) is 37.8 Å². The van der Waals surface area contributed by atoms with Gasteiger partial charge in [0.1, 0.15) is 16.7 Å². The number of methoxy groups -OCH3 is 1. The Labute approximate surface area is 143 Å². The number of rotatable bonds is 10. The molecular weight excluding hydrogens is 340 g/mol. The van der Waals surface area contributed by atoms with Crippen LogP contribution in [0.15, 0.2) is 23.1 Å². The molecule has 0 aliphatic heterocycles. The van der Waals surface area contributed by atoms with E-state index in [0.29, 0.717) is 11.6 Å². The van der Waals surface area contributed by atoms with Crippen LogP contribution in [-0.4, -0.2) is 47.4 Å². The topological polar surface area (TPSA) is 76.7 Å². The van der Waals surface area contributed by atoms with Crippen molar-refractivity contribution in [3.63, 3.8) is 0 Å². The summed E-state index contributed by atoms with van der Waals surface area (Å²) in [6.07, 6.45) is -0.282. The molecule has 0 aromatic heterocycles. The fourth-order valence-corrected chi connectivity index (χ4v) is 3.53. The first-order valence-electron chi connectivity index (χ1n) is 7.48. The first-order valence-corrected chi connectivity index (χ1v) is 9.34. The number of benzene rings is 1. The molecule has 0 radical (unpaired) electrons. The van der Waals surface area contributed by atoms with E-state index in [9.17, 15) is 8.42 Å². The highest BCUT2D eigenvalue weighted by Gasteiger charge is 2.22. The van der Waals surface area contributed by atoms with E-state index in [1.54, 1.807) is 26.2 Å². The molecule has 0 spiro atoms. The normalized spacial score (nSPS) is 14.5. The first kappa shape index (κ1) is 20.2. The third kappa shape index (κ3) is 6.64. The molecule has 0 aliphatic carbocycles. The van der Waals surface area contributed by atoms with Crippen molar-refractivity contribution in [1.29, 1.82) is 0 Å². The van der Waals surface area contributed by atoms with Gasteiger partial charge in [-0.1, -0.05) is 18.5 Å². The van der Waals surface area contributed by atoms with E-state index in [0.717, 1.165) is 6.54 Å². The van der Waals surface area contributed by atoms with E-state index in [2.05, 4.69) is 10.0 Å².